The Bertz CT molecular complexity index is 898. The lowest BCUT2D eigenvalue weighted by Gasteiger charge is -2.32. The molecule has 2 amide bonds. The van der Waals surface area contributed by atoms with Gasteiger partial charge in [-0.05, 0) is 42.7 Å². The number of hydrogen-bond acceptors (Lipinski definition) is 4. The van der Waals surface area contributed by atoms with Crippen molar-refractivity contribution < 1.29 is 9.59 Å². The van der Waals surface area contributed by atoms with Crippen LogP contribution >= 0.6 is 23.2 Å². The molecule has 1 heterocycles. The minimum atomic E-state index is -0.816. The standard InChI is InChI=1S/C20H20Cl2N4O2/c1-25(2)20(28)18(26(16-4-5-16)17(27)6-7-21)13-10-14(12-15(22)11-13)19-23-8-3-9-24-19/h3,6-12,16,18H,4-5H2,1-2H3/b7-6-/t18-/m1/s1. The summed E-state index contributed by atoms with van der Waals surface area (Å²) in [5.41, 5.74) is 2.45. The molecule has 2 aromatic rings. The van der Waals surface area contributed by atoms with Crippen LogP contribution in [0.2, 0.25) is 5.02 Å². The molecule has 1 aromatic carbocycles. The van der Waals surface area contributed by atoms with Crippen LogP contribution in [0.15, 0.2) is 48.3 Å². The Labute approximate surface area is 173 Å². The molecule has 1 aliphatic carbocycles. The Morgan fingerprint density at radius 2 is 1.86 bits per heavy atom. The van der Waals surface area contributed by atoms with Crippen LogP contribution in [0.3, 0.4) is 0 Å². The van der Waals surface area contributed by atoms with Gasteiger partial charge in [-0.1, -0.05) is 23.2 Å². The molecule has 0 saturated heterocycles. The third-order valence-electron chi connectivity index (χ3n) is 4.41. The summed E-state index contributed by atoms with van der Waals surface area (Å²) >= 11 is 12.0. The predicted octanol–water partition coefficient (Wildman–Crippen LogP) is 3.67. The van der Waals surface area contributed by atoms with E-state index in [2.05, 4.69) is 9.97 Å². The summed E-state index contributed by atoms with van der Waals surface area (Å²) < 4.78 is 0. The molecule has 0 N–H and O–H groups in total. The Balaban J connectivity index is 2.12. The Hall–Kier alpha value is -2.44. The highest BCUT2D eigenvalue weighted by Crippen LogP contribution is 2.37. The number of nitrogens with zero attached hydrogens (tertiary/aromatic N) is 4. The fourth-order valence-electron chi connectivity index (χ4n) is 3.02. The van der Waals surface area contributed by atoms with Gasteiger partial charge in [-0.2, -0.15) is 0 Å². The van der Waals surface area contributed by atoms with Gasteiger partial charge in [0.2, 0.25) is 11.8 Å². The van der Waals surface area contributed by atoms with Crippen LogP contribution in [-0.4, -0.2) is 51.7 Å². The number of rotatable bonds is 6. The normalized spacial score (nSPS) is 14.7. The average Bonchev–Trinajstić information content (AvgIpc) is 3.50. The third-order valence-corrected chi connectivity index (χ3v) is 4.76. The molecular formula is C20H20Cl2N4O2. The Morgan fingerprint density at radius 1 is 1.18 bits per heavy atom. The van der Waals surface area contributed by atoms with Gasteiger partial charge in [0.1, 0.15) is 6.04 Å². The number of hydrogen-bond donors (Lipinski definition) is 0. The number of halogens is 2. The lowest BCUT2D eigenvalue weighted by Crippen LogP contribution is -2.44. The van der Waals surface area contributed by atoms with Gasteiger partial charge in [0.05, 0.1) is 0 Å². The largest absolute Gasteiger partial charge is 0.347 e. The molecule has 1 fully saturated rings. The van der Waals surface area contributed by atoms with Crippen molar-refractivity contribution in [3.05, 3.63) is 58.9 Å². The number of amides is 2. The van der Waals surface area contributed by atoms with Gasteiger partial charge < -0.3 is 9.80 Å². The Kier molecular flexibility index (Phi) is 6.31. The molecule has 6 nitrogen and oxygen atoms in total. The summed E-state index contributed by atoms with van der Waals surface area (Å²) in [6.07, 6.45) is 6.22. The zero-order valence-corrected chi connectivity index (χ0v) is 17.1. The van der Waals surface area contributed by atoms with Gasteiger partial charge in [-0.15, -0.1) is 0 Å². The van der Waals surface area contributed by atoms with E-state index in [1.54, 1.807) is 55.7 Å². The van der Waals surface area contributed by atoms with E-state index in [-0.39, 0.29) is 17.9 Å². The maximum atomic E-state index is 13.1. The number of likely N-dealkylation sites (N-methyl/N-ethyl adjacent to an activating group) is 1. The highest BCUT2D eigenvalue weighted by molar-refractivity contribution is 6.31. The van der Waals surface area contributed by atoms with E-state index in [1.807, 2.05) is 0 Å². The first-order valence-electron chi connectivity index (χ1n) is 8.80. The van der Waals surface area contributed by atoms with Crippen molar-refractivity contribution in [3.8, 4) is 11.4 Å². The van der Waals surface area contributed by atoms with Gasteiger partial charge >= 0.3 is 0 Å². The molecule has 0 bridgehead atoms. The highest BCUT2D eigenvalue weighted by Gasteiger charge is 2.41. The Morgan fingerprint density at radius 3 is 2.43 bits per heavy atom. The number of carbonyl (C=O) groups excluding carboxylic acids is 2. The quantitative estimate of drug-likeness (QED) is 0.671. The average molecular weight is 419 g/mol. The van der Waals surface area contributed by atoms with Crippen molar-refractivity contribution >= 4 is 35.0 Å². The van der Waals surface area contributed by atoms with Crippen molar-refractivity contribution in [2.24, 2.45) is 0 Å². The number of carbonyl (C=O) groups is 2. The first kappa shape index (κ1) is 20.3. The second-order valence-corrected chi connectivity index (χ2v) is 7.44. The van der Waals surface area contributed by atoms with E-state index in [9.17, 15) is 9.59 Å². The van der Waals surface area contributed by atoms with E-state index < -0.39 is 6.04 Å². The highest BCUT2D eigenvalue weighted by atomic mass is 35.5. The van der Waals surface area contributed by atoms with E-state index in [0.29, 0.717) is 22.0 Å². The summed E-state index contributed by atoms with van der Waals surface area (Å²) in [7, 11) is 3.32. The molecule has 0 unspecified atom stereocenters. The minimum Gasteiger partial charge on any atom is -0.347 e. The summed E-state index contributed by atoms with van der Waals surface area (Å²) in [5.74, 6) is -0.0344. The molecule has 0 radical (unpaired) electrons. The van der Waals surface area contributed by atoms with Gasteiger partial charge in [0, 0.05) is 54.7 Å². The van der Waals surface area contributed by atoms with Crippen LogP contribution in [0.5, 0.6) is 0 Å². The van der Waals surface area contributed by atoms with Crippen LogP contribution in [0.1, 0.15) is 24.4 Å². The minimum absolute atomic E-state index is 0.00956. The third kappa shape index (κ3) is 4.51. The fraction of sp³-hybridized carbons (Fsp3) is 0.300. The van der Waals surface area contributed by atoms with Gasteiger partial charge in [0.25, 0.3) is 0 Å². The van der Waals surface area contributed by atoms with Crippen molar-refractivity contribution in [1.82, 2.24) is 19.8 Å². The summed E-state index contributed by atoms with van der Waals surface area (Å²) in [6.45, 7) is 0. The lowest BCUT2D eigenvalue weighted by molar-refractivity contribution is -0.142. The molecule has 1 saturated carbocycles. The van der Waals surface area contributed by atoms with Crippen LogP contribution < -0.4 is 0 Å². The maximum absolute atomic E-state index is 13.1. The lowest BCUT2D eigenvalue weighted by atomic mass is 10.00. The molecule has 28 heavy (non-hydrogen) atoms. The SMILES string of the molecule is CN(C)C(=O)[C@@H](c1cc(Cl)cc(-c2ncccn2)c1)N(C(=O)/C=C\Cl)C1CC1. The van der Waals surface area contributed by atoms with Gasteiger partial charge in [-0.25, -0.2) is 9.97 Å². The number of aromatic nitrogens is 2. The molecule has 1 atom stereocenters. The van der Waals surface area contributed by atoms with Crippen LogP contribution in [-0.2, 0) is 9.59 Å². The molecule has 1 aromatic heterocycles. The number of benzene rings is 1. The smallest absolute Gasteiger partial charge is 0.249 e. The van der Waals surface area contributed by atoms with Gasteiger partial charge in [0.15, 0.2) is 5.82 Å². The summed E-state index contributed by atoms with van der Waals surface area (Å²) in [4.78, 5) is 37.4. The second kappa shape index (κ2) is 8.71. The molecule has 8 heteroatoms. The first-order chi connectivity index (χ1) is 13.4. The van der Waals surface area contributed by atoms with E-state index in [0.717, 1.165) is 18.4 Å². The molecule has 3 rings (SSSR count). The molecule has 0 aliphatic heterocycles. The fourth-order valence-corrected chi connectivity index (χ4v) is 3.38. The molecule has 0 spiro atoms. The van der Waals surface area contributed by atoms with Crippen molar-refractivity contribution in [2.75, 3.05) is 14.1 Å². The molecular weight excluding hydrogens is 399 g/mol. The zero-order chi connectivity index (χ0) is 20.3. The van der Waals surface area contributed by atoms with Crippen LogP contribution in [0, 0.1) is 0 Å². The van der Waals surface area contributed by atoms with Gasteiger partial charge in [-0.3, -0.25) is 9.59 Å². The summed E-state index contributed by atoms with van der Waals surface area (Å²) in [6, 6.07) is 6.14. The van der Waals surface area contributed by atoms with Crippen molar-refractivity contribution in [3.63, 3.8) is 0 Å². The maximum Gasteiger partial charge on any atom is 0.249 e. The van der Waals surface area contributed by atoms with Crippen molar-refractivity contribution in [2.45, 2.75) is 24.9 Å². The zero-order valence-electron chi connectivity index (χ0n) is 15.5. The van der Waals surface area contributed by atoms with Crippen LogP contribution in [0.4, 0.5) is 0 Å². The monoisotopic (exact) mass is 418 g/mol. The molecule has 1 aliphatic rings. The first-order valence-corrected chi connectivity index (χ1v) is 9.62. The van der Waals surface area contributed by atoms with E-state index in [1.165, 1.54) is 11.0 Å². The van der Waals surface area contributed by atoms with Crippen molar-refractivity contribution in [1.29, 1.82) is 0 Å². The second-order valence-electron chi connectivity index (χ2n) is 6.75. The molecule has 146 valence electrons. The summed E-state index contributed by atoms with van der Waals surface area (Å²) in [5, 5.41) is 0.438. The predicted molar refractivity (Wildman–Crippen MR) is 109 cm³/mol. The topological polar surface area (TPSA) is 66.4 Å². The van der Waals surface area contributed by atoms with E-state index >= 15 is 0 Å². The van der Waals surface area contributed by atoms with Crippen LogP contribution in [0.25, 0.3) is 11.4 Å². The van der Waals surface area contributed by atoms with E-state index in [4.69, 9.17) is 23.2 Å².